The van der Waals surface area contributed by atoms with Crippen LogP contribution in [0.5, 0.6) is 5.75 Å². The maximum atomic E-state index is 11.9. The van der Waals surface area contributed by atoms with E-state index in [0.29, 0.717) is 71.7 Å². The number of hydrogen-bond acceptors (Lipinski definition) is 7. The van der Waals surface area contributed by atoms with Crippen molar-refractivity contribution in [3.8, 4) is 5.75 Å². The van der Waals surface area contributed by atoms with Crippen molar-refractivity contribution in [2.75, 3.05) is 38.8 Å². The Bertz CT molecular complexity index is 1350. The number of aromatic nitrogens is 2. The molecule has 1 aliphatic heterocycles. The zero-order valence-electron chi connectivity index (χ0n) is 22.2. The van der Waals surface area contributed by atoms with E-state index in [2.05, 4.69) is 11.6 Å². The van der Waals surface area contributed by atoms with Gasteiger partial charge >= 0.3 is 5.97 Å². The smallest absolute Gasteiger partial charge is 0.338 e. The second kappa shape index (κ2) is 12.2. The number of piperidine rings is 1. The van der Waals surface area contributed by atoms with Crippen molar-refractivity contribution in [2.24, 2.45) is 0 Å². The molecule has 2 aromatic heterocycles. The van der Waals surface area contributed by atoms with Crippen LogP contribution in [-0.2, 0) is 10.3 Å². The molecular weight excluding hydrogens is 541 g/mol. The van der Waals surface area contributed by atoms with Crippen LogP contribution in [0.1, 0.15) is 46.3 Å². The SMILES string of the molecule is C=C(CCOc1ccc(C2(O)CCN(c3cc(C(=O)OC)ccn3)CC2)c(Cl)c1)c1c(C)c[n+](OC)cc1Cl. The number of nitrogens with zero attached hydrogens (tertiary/aromatic N) is 3. The number of carbonyl (C=O) groups excluding carboxylic acids is 1. The number of aryl methyl sites for hydroxylation is 1. The number of ether oxygens (including phenoxy) is 2. The summed E-state index contributed by atoms with van der Waals surface area (Å²) in [6.45, 7) is 7.62. The van der Waals surface area contributed by atoms with Crippen molar-refractivity contribution in [1.82, 2.24) is 4.98 Å². The van der Waals surface area contributed by atoms with Gasteiger partial charge in [-0.05, 0) is 49.6 Å². The highest BCUT2D eigenvalue weighted by atomic mass is 35.5. The fourth-order valence-electron chi connectivity index (χ4n) is 4.80. The van der Waals surface area contributed by atoms with Gasteiger partial charge in [-0.1, -0.05) is 35.8 Å². The molecule has 0 unspecified atom stereocenters. The summed E-state index contributed by atoms with van der Waals surface area (Å²) in [5.74, 6) is 0.861. The second-order valence-electron chi connectivity index (χ2n) is 9.46. The largest absolute Gasteiger partial charge is 0.493 e. The summed E-state index contributed by atoms with van der Waals surface area (Å²) in [6, 6.07) is 8.68. The van der Waals surface area contributed by atoms with Crippen molar-refractivity contribution in [2.45, 2.75) is 31.8 Å². The van der Waals surface area contributed by atoms with E-state index < -0.39 is 11.6 Å². The summed E-state index contributed by atoms with van der Waals surface area (Å²) < 4.78 is 12.3. The van der Waals surface area contributed by atoms with E-state index in [1.54, 1.807) is 42.4 Å². The lowest BCUT2D eigenvalue weighted by Gasteiger charge is -2.39. The monoisotopic (exact) mass is 572 g/mol. The molecule has 3 heterocycles. The number of pyridine rings is 2. The molecule has 8 nitrogen and oxygen atoms in total. The number of carbonyl (C=O) groups is 1. The average Bonchev–Trinajstić information content (AvgIpc) is 2.92. The van der Waals surface area contributed by atoms with Crippen molar-refractivity contribution in [3.63, 3.8) is 0 Å². The van der Waals surface area contributed by atoms with Crippen LogP contribution in [0.4, 0.5) is 5.82 Å². The maximum Gasteiger partial charge on any atom is 0.338 e. The van der Waals surface area contributed by atoms with E-state index in [1.165, 1.54) is 7.11 Å². The Hall–Kier alpha value is -3.33. The van der Waals surface area contributed by atoms with Crippen LogP contribution in [0.15, 0.2) is 55.5 Å². The average molecular weight is 573 g/mol. The van der Waals surface area contributed by atoms with E-state index in [1.807, 2.05) is 30.2 Å². The van der Waals surface area contributed by atoms with Gasteiger partial charge in [-0.2, -0.15) is 0 Å². The van der Waals surface area contributed by atoms with Crippen LogP contribution in [-0.4, -0.2) is 50.0 Å². The molecule has 206 valence electrons. The van der Waals surface area contributed by atoms with Gasteiger partial charge in [0.15, 0.2) is 0 Å². The molecule has 39 heavy (non-hydrogen) atoms. The van der Waals surface area contributed by atoms with Crippen molar-refractivity contribution >= 4 is 40.6 Å². The number of benzene rings is 1. The lowest BCUT2D eigenvalue weighted by molar-refractivity contribution is -0.885. The van der Waals surface area contributed by atoms with Crippen molar-refractivity contribution in [1.29, 1.82) is 0 Å². The van der Waals surface area contributed by atoms with Gasteiger partial charge in [0.2, 0.25) is 12.4 Å². The topological polar surface area (TPSA) is 85.0 Å². The van der Waals surface area contributed by atoms with Gasteiger partial charge in [-0.3, -0.25) is 4.84 Å². The third kappa shape index (κ3) is 6.46. The molecule has 10 heteroatoms. The number of anilines is 1. The summed E-state index contributed by atoms with van der Waals surface area (Å²) in [5, 5.41) is 12.4. The van der Waals surface area contributed by atoms with Gasteiger partial charge < -0.3 is 19.5 Å². The van der Waals surface area contributed by atoms with E-state index >= 15 is 0 Å². The standard InChI is InChI=1S/C29H32Cl2N3O5/c1-19(27-20(2)17-34(38-4)18-25(27)31)8-14-39-22-5-6-23(24(30)16-22)29(36)9-12-33(13-10-29)26-15-21(7-11-32-26)28(35)37-3/h5-7,11,15-18,36H,1,8-10,12-14H2,2-4H3/q+1. The third-order valence-corrected chi connectivity index (χ3v) is 7.55. The highest BCUT2D eigenvalue weighted by Crippen LogP contribution is 2.39. The first kappa shape index (κ1) is 28.7. The predicted octanol–water partition coefficient (Wildman–Crippen LogP) is 4.80. The van der Waals surface area contributed by atoms with Crippen molar-refractivity contribution in [3.05, 3.63) is 87.8 Å². The molecule has 1 aromatic carbocycles. The fraction of sp³-hybridized carbons (Fsp3) is 0.345. The molecule has 0 radical (unpaired) electrons. The molecule has 3 aromatic rings. The second-order valence-corrected chi connectivity index (χ2v) is 10.3. The summed E-state index contributed by atoms with van der Waals surface area (Å²) in [7, 11) is 2.92. The molecule has 1 saturated heterocycles. The minimum absolute atomic E-state index is 0.389. The Labute approximate surface area is 238 Å². The summed E-state index contributed by atoms with van der Waals surface area (Å²) in [5.41, 5.74) is 2.70. The molecule has 4 rings (SSSR count). The number of halogens is 2. The third-order valence-electron chi connectivity index (χ3n) is 6.95. The molecule has 0 aliphatic carbocycles. The Morgan fingerprint density at radius 1 is 1.15 bits per heavy atom. The molecule has 1 N–H and O–H groups in total. The van der Waals surface area contributed by atoms with Gasteiger partial charge in [-0.25, -0.2) is 9.78 Å². The molecule has 0 atom stereocenters. The van der Waals surface area contributed by atoms with E-state index in [4.69, 9.17) is 37.5 Å². The Morgan fingerprint density at radius 2 is 1.90 bits per heavy atom. The highest BCUT2D eigenvalue weighted by Gasteiger charge is 2.36. The summed E-state index contributed by atoms with van der Waals surface area (Å²) in [4.78, 5) is 23.5. The fourth-order valence-corrected chi connectivity index (χ4v) is 5.53. The van der Waals surface area contributed by atoms with Crippen LogP contribution in [0.2, 0.25) is 10.0 Å². The Balaban J connectivity index is 1.36. The number of rotatable bonds is 9. The predicted molar refractivity (Wildman–Crippen MR) is 150 cm³/mol. The molecule has 0 amide bonds. The zero-order chi connectivity index (χ0) is 28.2. The Kier molecular flexibility index (Phi) is 9.00. The van der Waals surface area contributed by atoms with E-state index in [9.17, 15) is 9.90 Å². The normalized spacial score (nSPS) is 14.6. The van der Waals surface area contributed by atoms with Crippen LogP contribution < -0.4 is 19.2 Å². The zero-order valence-corrected chi connectivity index (χ0v) is 23.8. The molecule has 1 aliphatic rings. The number of hydrogen-bond donors (Lipinski definition) is 1. The van der Waals surface area contributed by atoms with Crippen LogP contribution in [0, 0.1) is 6.92 Å². The highest BCUT2D eigenvalue weighted by molar-refractivity contribution is 6.32. The van der Waals surface area contributed by atoms with Crippen LogP contribution in [0.3, 0.4) is 0 Å². The number of aliphatic hydroxyl groups is 1. The van der Waals surface area contributed by atoms with Gasteiger partial charge in [0.25, 0.3) is 0 Å². The lowest BCUT2D eigenvalue weighted by Crippen LogP contribution is -2.43. The van der Waals surface area contributed by atoms with Gasteiger partial charge in [0.05, 0.1) is 29.9 Å². The van der Waals surface area contributed by atoms with Crippen molar-refractivity contribution < 1.29 is 28.9 Å². The minimum Gasteiger partial charge on any atom is -0.493 e. The molecule has 0 saturated carbocycles. The first-order chi connectivity index (χ1) is 18.6. The van der Waals surface area contributed by atoms with Gasteiger partial charge in [0, 0.05) is 47.1 Å². The minimum atomic E-state index is -1.08. The summed E-state index contributed by atoms with van der Waals surface area (Å²) >= 11 is 13.0. The first-order valence-electron chi connectivity index (χ1n) is 12.5. The summed E-state index contributed by atoms with van der Waals surface area (Å²) in [6.07, 6.45) is 6.60. The first-order valence-corrected chi connectivity index (χ1v) is 13.3. The molecule has 0 spiro atoms. The lowest BCUT2D eigenvalue weighted by atomic mass is 9.84. The van der Waals surface area contributed by atoms with Crippen LogP contribution in [0.25, 0.3) is 5.57 Å². The van der Waals surface area contributed by atoms with E-state index in [-0.39, 0.29) is 0 Å². The number of esters is 1. The maximum absolute atomic E-state index is 11.9. The van der Waals surface area contributed by atoms with Gasteiger partial charge in [0.1, 0.15) is 23.7 Å². The Morgan fingerprint density at radius 3 is 2.54 bits per heavy atom. The molecule has 1 fully saturated rings. The molecule has 0 bridgehead atoms. The van der Waals surface area contributed by atoms with Gasteiger partial charge in [-0.15, -0.1) is 0 Å². The number of methoxy groups -OCH3 is 1. The van der Waals surface area contributed by atoms with E-state index in [0.717, 1.165) is 16.7 Å². The quantitative estimate of drug-likeness (QED) is 0.291. The van der Waals surface area contributed by atoms with Crippen LogP contribution >= 0.6 is 23.2 Å². The molecular formula is C29H32Cl2N3O5+.